The number of esters is 4. The van der Waals surface area contributed by atoms with Gasteiger partial charge in [0.2, 0.25) is 0 Å². The molecule has 0 atom stereocenters. The Balaban J connectivity index is 0.0000160. The van der Waals surface area contributed by atoms with Gasteiger partial charge in [-0.05, 0) is 6.92 Å². The summed E-state index contributed by atoms with van der Waals surface area (Å²) in [6, 6.07) is 0. The zero-order valence-electron chi connectivity index (χ0n) is 25.0. The van der Waals surface area contributed by atoms with Gasteiger partial charge in [-0.3, -0.25) is 29.0 Å². The normalized spacial score (nSPS) is 14.3. The molecule has 0 spiro atoms. The van der Waals surface area contributed by atoms with E-state index in [9.17, 15) is 19.2 Å². The molecule has 0 bridgehead atoms. The van der Waals surface area contributed by atoms with E-state index < -0.39 is 0 Å². The van der Waals surface area contributed by atoms with Crippen molar-refractivity contribution in [3.05, 3.63) is 0 Å². The first-order valence-electron chi connectivity index (χ1n) is 14.3. The second-order valence-electron chi connectivity index (χ2n) is 9.65. The molecule has 1 fully saturated rings. The zero-order valence-corrected chi connectivity index (χ0v) is 25.0. The third kappa shape index (κ3) is 17.4. The van der Waals surface area contributed by atoms with Crippen LogP contribution in [-0.2, 0) is 38.1 Å². The average molecular weight is 576 g/mol. The minimum absolute atomic E-state index is 0. The largest absolute Gasteiger partial charge is 0.469 e. The van der Waals surface area contributed by atoms with E-state index in [0.717, 1.165) is 58.9 Å². The Labute approximate surface area is 240 Å². The molecule has 1 rings (SSSR count). The van der Waals surface area contributed by atoms with Crippen molar-refractivity contribution in [1.82, 2.24) is 24.9 Å². The Morgan fingerprint density at radius 1 is 0.625 bits per heavy atom. The van der Waals surface area contributed by atoms with Crippen LogP contribution in [0.3, 0.4) is 0 Å². The van der Waals surface area contributed by atoms with Crippen LogP contribution in [0, 0.1) is 0 Å². The third-order valence-electron chi connectivity index (χ3n) is 6.93. The number of carbonyl (C=O) groups excluding carboxylic acids is 4. The molecule has 0 unspecified atom stereocenters. The summed E-state index contributed by atoms with van der Waals surface area (Å²) >= 11 is 0. The van der Waals surface area contributed by atoms with E-state index in [1.165, 1.54) is 21.3 Å². The van der Waals surface area contributed by atoms with Crippen molar-refractivity contribution in [2.75, 3.05) is 120 Å². The molecule has 234 valence electrons. The van der Waals surface area contributed by atoms with Crippen LogP contribution in [0.25, 0.3) is 0 Å². The second kappa shape index (κ2) is 22.4. The Kier molecular flexibility index (Phi) is 20.0. The molecule has 0 radical (unpaired) electrons. The summed E-state index contributed by atoms with van der Waals surface area (Å²) in [5.74, 6) is -0.941. The van der Waals surface area contributed by atoms with E-state index in [4.69, 9.17) is 14.2 Å². The van der Waals surface area contributed by atoms with Crippen molar-refractivity contribution < 1.29 is 39.6 Å². The summed E-state index contributed by atoms with van der Waals surface area (Å²) in [4.78, 5) is 55.6. The van der Waals surface area contributed by atoms with Gasteiger partial charge < -0.3 is 34.1 Å². The van der Waals surface area contributed by atoms with Gasteiger partial charge in [-0.25, -0.2) is 0 Å². The predicted molar refractivity (Wildman–Crippen MR) is 152 cm³/mol. The van der Waals surface area contributed by atoms with Gasteiger partial charge in [0, 0.05) is 93.1 Å². The molecule has 0 aromatic rings. The standard InChI is InChI=1S/C27H51N5O8.H2/c1-5-40-27(36)9-14-29(12-7-25(34)38-3)16-18-31-20-22-32(23-21-31)19-17-30(13-8-26(35)39-4)15-11-28-10-6-24(33)37-2;/h28H,5-23H2,1-4H3;1H. The van der Waals surface area contributed by atoms with Crippen molar-refractivity contribution >= 4 is 23.9 Å². The number of hydrogen-bond donors (Lipinski definition) is 1. The summed E-state index contributed by atoms with van der Waals surface area (Å²) in [6.45, 7) is 13.1. The number of carbonyl (C=O) groups is 4. The summed E-state index contributed by atoms with van der Waals surface area (Å²) < 4.78 is 19.3. The number of hydrogen-bond acceptors (Lipinski definition) is 13. The minimum atomic E-state index is -0.257. The highest BCUT2D eigenvalue weighted by molar-refractivity contribution is 5.70. The SMILES string of the molecule is CCOC(=O)CCN(CCC(=O)OC)CCN1CCN(CCN(CCNCCC(=O)OC)CCC(=O)OC)CC1.[HH]. The molecule has 0 amide bonds. The van der Waals surface area contributed by atoms with E-state index in [1.807, 2.05) is 0 Å². The number of piperazine rings is 1. The fourth-order valence-corrected chi connectivity index (χ4v) is 4.31. The number of ether oxygens (including phenoxy) is 4. The van der Waals surface area contributed by atoms with Crippen molar-refractivity contribution in [1.29, 1.82) is 0 Å². The molecule has 40 heavy (non-hydrogen) atoms. The molecule has 0 aliphatic carbocycles. The maximum atomic E-state index is 11.8. The molecular formula is C27H53N5O8. The number of rotatable bonds is 22. The highest BCUT2D eigenvalue weighted by atomic mass is 16.5. The van der Waals surface area contributed by atoms with Crippen LogP contribution in [0.2, 0.25) is 0 Å². The van der Waals surface area contributed by atoms with Crippen LogP contribution >= 0.6 is 0 Å². The van der Waals surface area contributed by atoms with E-state index in [-0.39, 0.29) is 25.3 Å². The number of methoxy groups -OCH3 is 3. The summed E-state index contributed by atoms with van der Waals surface area (Å²) in [7, 11) is 4.17. The predicted octanol–water partition coefficient (Wildman–Crippen LogP) is -0.314. The van der Waals surface area contributed by atoms with Gasteiger partial charge in [-0.1, -0.05) is 0 Å². The first-order chi connectivity index (χ1) is 19.3. The van der Waals surface area contributed by atoms with Crippen molar-refractivity contribution in [3.8, 4) is 0 Å². The summed E-state index contributed by atoms with van der Waals surface area (Å²) in [5.41, 5.74) is 0. The molecule has 1 heterocycles. The number of nitrogens with one attached hydrogen (secondary N) is 1. The Bertz CT molecular complexity index is 740. The minimum Gasteiger partial charge on any atom is -0.469 e. The van der Waals surface area contributed by atoms with Crippen molar-refractivity contribution in [2.45, 2.75) is 32.6 Å². The van der Waals surface area contributed by atoms with Gasteiger partial charge in [0.15, 0.2) is 0 Å². The first kappa shape index (κ1) is 35.7. The Hall–Kier alpha value is -2.32. The van der Waals surface area contributed by atoms with Crippen LogP contribution in [0.1, 0.15) is 34.0 Å². The summed E-state index contributed by atoms with van der Waals surface area (Å²) in [6.07, 6.45) is 1.27. The van der Waals surface area contributed by atoms with Gasteiger partial charge in [0.25, 0.3) is 0 Å². The van der Waals surface area contributed by atoms with Gasteiger partial charge in [0.1, 0.15) is 0 Å². The zero-order chi connectivity index (χ0) is 29.6. The lowest BCUT2D eigenvalue weighted by Gasteiger charge is -2.36. The molecule has 1 saturated heterocycles. The Morgan fingerprint density at radius 3 is 1.50 bits per heavy atom. The molecule has 13 nitrogen and oxygen atoms in total. The molecule has 1 N–H and O–H groups in total. The van der Waals surface area contributed by atoms with Crippen molar-refractivity contribution in [3.63, 3.8) is 0 Å². The first-order valence-corrected chi connectivity index (χ1v) is 14.3. The molecule has 0 aromatic carbocycles. The quantitative estimate of drug-likeness (QED) is 0.103. The molecule has 0 aromatic heterocycles. The highest BCUT2D eigenvalue weighted by Crippen LogP contribution is 2.05. The lowest BCUT2D eigenvalue weighted by atomic mass is 10.2. The van der Waals surface area contributed by atoms with E-state index in [0.29, 0.717) is 65.0 Å². The molecular weight excluding hydrogens is 522 g/mol. The van der Waals surface area contributed by atoms with Crippen LogP contribution in [0.4, 0.5) is 0 Å². The van der Waals surface area contributed by atoms with E-state index >= 15 is 0 Å². The van der Waals surface area contributed by atoms with Crippen LogP contribution in [0.15, 0.2) is 0 Å². The van der Waals surface area contributed by atoms with Crippen molar-refractivity contribution in [2.24, 2.45) is 0 Å². The molecule has 1 aliphatic heterocycles. The Morgan fingerprint density at radius 2 is 1.05 bits per heavy atom. The molecule has 13 heteroatoms. The fourth-order valence-electron chi connectivity index (χ4n) is 4.31. The average Bonchev–Trinajstić information content (AvgIpc) is 2.97. The van der Waals surface area contributed by atoms with E-state index in [1.54, 1.807) is 6.92 Å². The maximum Gasteiger partial charge on any atom is 0.307 e. The van der Waals surface area contributed by atoms with Crippen LogP contribution in [-0.4, -0.2) is 163 Å². The van der Waals surface area contributed by atoms with Crippen LogP contribution < -0.4 is 5.32 Å². The van der Waals surface area contributed by atoms with Gasteiger partial charge in [-0.2, -0.15) is 0 Å². The smallest absolute Gasteiger partial charge is 0.307 e. The van der Waals surface area contributed by atoms with Gasteiger partial charge in [-0.15, -0.1) is 0 Å². The molecule has 1 aliphatic rings. The third-order valence-corrected chi connectivity index (χ3v) is 6.93. The van der Waals surface area contributed by atoms with E-state index in [2.05, 4.69) is 29.7 Å². The lowest BCUT2D eigenvalue weighted by molar-refractivity contribution is -0.144. The maximum absolute atomic E-state index is 11.8. The second-order valence-corrected chi connectivity index (χ2v) is 9.65. The van der Waals surface area contributed by atoms with Crippen LogP contribution in [0.5, 0.6) is 0 Å². The molecule has 0 saturated carbocycles. The highest BCUT2D eigenvalue weighted by Gasteiger charge is 2.19. The summed E-state index contributed by atoms with van der Waals surface area (Å²) in [5, 5.41) is 3.26. The lowest BCUT2D eigenvalue weighted by Crippen LogP contribution is -2.50. The topological polar surface area (TPSA) is 130 Å². The van der Waals surface area contributed by atoms with Gasteiger partial charge in [0.05, 0.1) is 53.6 Å². The number of nitrogens with zero attached hydrogens (tertiary/aromatic N) is 4. The van der Waals surface area contributed by atoms with Gasteiger partial charge >= 0.3 is 23.9 Å². The monoisotopic (exact) mass is 575 g/mol. The fraction of sp³-hybridized carbons (Fsp3) is 0.852.